The summed E-state index contributed by atoms with van der Waals surface area (Å²) in [4.78, 5) is 10.9. The average molecular weight is 219 g/mol. The van der Waals surface area contributed by atoms with Gasteiger partial charge in [-0.15, -0.1) is 0 Å². The first-order chi connectivity index (χ1) is 6.89. The van der Waals surface area contributed by atoms with Crippen molar-refractivity contribution in [3.63, 3.8) is 0 Å². The highest BCUT2D eigenvalue weighted by molar-refractivity contribution is 5.69. The number of carboxylic acids is 1. The molecule has 0 spiro atoms. The molecule has 3 nitrogen and oxygen atoms in total. The fraction of sp³-hybridized carbons (Fsp3) is 0.909. The SMILES string of the molecule is C[N+](C)(C)C(CCCCCCF)C(=O)[O-]. The first-order valence-electron chi connectivity index (χ1n) is 5.47. The maximum absolute atomic E-state index is 11.8. The lowest BCUT2D eigenvalue weighted by Crippen LogP contribution is -2.54. The van der Waals surface area contributed by atoms with Crippen molar-refractivity contribution in [2.24, 2.45) is 0 Å². The number of alkyl halides is 1. The van der Waals surface area contributed by atoms with Gasteiger partial charge in [-0.2, -0.15) is 0 Å². The molecule has 0 N–H and O–H groups in total. The van der Waals surface area contributed by atoms with Crippen LogP contribution in [0.1, 0.15) is 32.1 Å². The first kappa shape index (κ1) is 14.4. The molecular weight excluding hydrogens is 197 g/mol. The van der Waals surface area contributed by atoms with E-state index in [9.17, 15) is 14.3 Å². The second-order valence-corrected chi connectivity index (χ2v) is 4.84. The van der Waals surface area contributed by atoms with E-state index < -0.39 is 12.0 Å². The fourth-order valence-corrected chi connectivity index (χ4v) is 1.61. The van der Waals surface area contributed by atoms with E-state index >= 15 is 0 Å². The Bertz CT molecular complexity index is 190. The quantitative estimate of drug-likeness (QED) is 0.446. The monoisotopic (exact) mass is 219 g/mol. The lowest BCUT2D eigenvalue weighted by atomic mass is 10.1. The Kier molecular flexibility index (Phi) is 6.48. The number of unbranched alkanes of at least 4 members (excludes halogenated alkanes) is 3. The minimum absolute atomic E-state index is 0.279. The molecule has 0 saturated heterocycles. The van der Waals surface area contributed by atoms with Gasteiger partial charge in [-0.1, -0.05) is 12.8 Å². The van der Waals surface area contributed by atoms with E-state index in [0.717, 1.165) is 19.3 Å². The molecule has 1 unspecified atom stereocenters. The van der Waals surface area contributed by atoms with Crippen LogP contribution in [-0.4, -0.2) is 44.3 Å². The summed E-state index contributed by atoms with van der Waals surface area (Å²) < 4.78 is 12.2. The van der Waals surface area contributed by atoms with Crippen LogP contribution in [0, 0.1) is 0 Å². The Hall–Kier alpha value is -0.640. The second kappa shape index (κ2) is 6.77. The molecule has 0 aliphatic heterocycles. The number of carbonyl (C=O) groups excluding carboxylic acids is 1. The molecule has 0 rings (SSSR count). The zero-order valence-corrected chi connectivity index (χ0v) is 9.96. The van der Waals surface area contributed by atoms with Crippen LogP contribution in [-0.2, 0) is 4.79 Å². The minimum atomic E-state index is -0.993. The Morgan fingerprint density at radius 2 is 1.73 bits per heavy atom. The summed E-state index contributed by atoms with van der Waals surface area (Å²) in [6.07, 6.45) is 3.76. The molecule has 1 atom stereocenters. The molecule has 0 bridgehead atoms. The number of rotatable bonds is 8. The van der Waals surface area contributed by atoms with Gasteiger partial charge in [0.15, 0.2) is 0 Å². The van der Waals surface area contributed by atoms with Crippen LogP contribution < -0.4 is 5.11 Å². The van der Waals surface area contributed by atoms with Crippen LogP contribution in [0.4, 0.5) is 4.39 Å². The number of quaternary nitrogens is 1. The highest BCUT2D eigenvalue weighted by Gasteiger charge is 2.24. The van der Waals surface area contributed by atoms with Crippen LogP contribution in [0.5, 0.6) is 0 Å². The molecule has 90 valence electrons. The molecule has 0 heterocycles. The van der Waals surface area contributed by atoms with Crippen molar-refractivity contribution in [1.82, 2.24) is 0 Å². The van der Waals surface area contributed by atoms with Gasteiger partial charge in [0.05, 0.1) is 33.8 Å². The largest absolute Gasteiger partial charge is 0.544 e. The predicted octanol–water partition coefficient (Wildman–Crippen LogP) is 0.731. The number of carbonyl (C=O) groups is 1. The zero-order chi connectivity index (χ0) is 11.9. The van der Waals surface area contributed by atoms with Gasteiger partial charge in [0.1, 0.15) is 6.04 Å². The number of nitrogens with zero attached hydrogens (tertiary/aromatic N) is 1. The van der Waals surface area contributed by atoms with Crippen LogP contribution in [0.3, 0.4) is 0 Å². The topological polar surface area (TPSA) is 40.1 Å². The molecule has 0 aliphatic rings. The standard InChI is InChI=1S/C11H22FNO2/c1-13(2,3)10(11(14)15)8-6-4-5-7-9-12/h10H,4-9H2,1-3H3. The van der Waals surface area contributed by atoms with E-state index in [2.05, 4.69) is 0 Å². The van der Waals surface area contributed by atoms with Gasteiger partial charge in [-0.05, 0) is 12.8 Å². The van der Waals surface area contributed by atoms with E-state index in [1.54, 1.807) is 0 Å². The number of hydrogen-bond donors (Lipinski definition) is 0. The molecular formula is C11H22FNO2. The molecule has 0 aromatic carbocycles. The van der Waals surface area contributed by atoms with E-state index in [1.165, 1.54) is 0 Å². The summed E-state index contributed by atoms with van der Waals surface area (Å²) >= 11 is 0. The summed E-state index contributed by atoms with van der Waals surface area (Å²) in [5, 5.41) is 10.9. The van der Waals surface area contributed by atoms with Gasteiger partial charge in [0, 0.05) is 6.42 Å². The number of hydrogen-bond acceptors (Lipinski definition) is 2. The molecule has 0 fully saturated rings. The first-order valence-corrected chi connectivity index (χ1v) is 5.47. The molecule has 15 heavy (non-hydrogen) atoms. The average Bonchev–Trinajstić information content (AvgIpc) is 2.08. The minimum Gasteiger partial charge on any atom is -0.544 e. The van der Waals surface area contributed by atoms with Gasteiger partial charge < -0.3 is 14.4 Å². The summed E-state index contributed by atoms with van der Waals surface area (Å²) in [7, 11) is 5.55. The normalized spacial score (nSPS) is 13.9. The van der Waals surface area contributed by atoms with Crippen molar-refractivity contribution in [2.45, 2.75) is 38.1 Å². The third kappa shape index (κ3) is 6.44. The van der Waals surface area contributed by atoms with E-state index in [1.807, 2.05) is 21.1 Å². The zero-order valence-electron chi connectivity index (χ0n) is 9.96. The van der Waals surface area contributed by atoms with Crippen LogP contribution in [0.2, 0.25) is 0 Å². The van der Waals surface area contributed by atoms with Crippen molar-refractivity contribution in [3.8, 4) is 0 Å². The van der Waals surface area contributed by atoms with E-state index in [0.29, 0.717) is 17.3 Å². The Morgan fingerprint density at radius 1 is 1.20 bits per heavy atom. The van der Waals surface area contributed by atoms with Crippen molar-refractivity contribution < 1.29 is 18.8 Å². The Morgan fingerprint density at radius 3 is 2.13 bits per heavy atom. The molecule has 0 amide bonds. The highest BCUT2D eigenvalue weighted by Crippen LogP contribution is 2.12. The van der Waals surface area contributed by atoms with Gasteiger partial charge in [0.2, 0.25) is 0 Å². The lowest BCUT2D eigenvalue weighted by molar-refractivity contribution is -0.889. The summed E-state index contributed by atoms with van der Waals surface area (Å²) in [6.45, 7) is -0.279. The number of carboxylic acid groups (broad SMARTS) is 1. The molecule has 0 radical (unpaired) electrons. The number of halogens is 1. The van der Waals surface area contributed by atoms with Gasteiger partial charge in [0.25, 0.3) is 0 Å². The third-order valence-electron chi connectivity index (χ3n) is 2.57. The second-order valence-electron chi connectivity index (χ2n) is 4.84. The van der Waals surface area contributed by atoms with E-state index in [4.69, 9.17) is 0 Å². The van der Waals surface area contributed by atoms with Crippen LogP contribution in [0.15, 0.2) is 0 Å². The predicted molar refractivity (Wildman–Crippen MR) is 55.9 cm³/mol. The lowest BCUT2D eigenvalue weighted by Gasteiger charge is -2.34. The highest BCUT2D eigenvalue weighted by atomic mass is 19.1. The van der Waals surface area contributed by atoms with Gasteiger partial charge in [-0.3, -0.25) is 4.39 Å². The maximum Gasteiger partial charge on any atom is 0.129 e. The fourth-order valence-electron chi connectivity index (χ4n) is 1.61. The molecule has 0 aromatic heterocycles. The number of aliphatic carboxylic acids is 1. The summed E-state index contributed by atoms with van der Waals surface area (Å²) in [6, 6.07) is -0.463. The molecule has 0 aromatic rings. The van der Waals surface area contributed by atoms with Crippen molar-refractivity contribution in [3.05, 3.63) is 0 Å². The maximum atomic E-state index is 11.8. The van der Waals surface area contributed by atoms with Crippen molar-refractivity contribution in [2.75, 3.05) is 27.8 Å². The molecule has 0 saturated carbocycles. The Labute approximate surface area is 91.5 Å². The third-order valence-corrected chi connectivity index (χ3v) is 2.57. The van der Waals surface area contributed by atoms with Crippen molar-refractivity contribution >= 4 is 5.97 Å². The summed E-state index contributed by atoms with van der Waals surface area (Å²) in [5.74, 6) is -0.993. The number of likely N-dealkylation sites (N-methyl/N-ethyl adjacent to an activating group) is 1. The molecule has 4 heteroatoms. The van der Waals surface area contributed by atoms with E-state index in [-0.39, 0.29) is 6.67 Å². The smallest absolute Gasteiger partial charge is 0.129 e. The van der Waals surface area contributed by atoms with Gasteiger partial charge in [-0.25, -0.2) is 0 Å². The van der Waals surface area contributed by atoms with Crippen LogP contribution in [0.25, 0.3) is 0 Å². The Balaban J connectivity index is 3.84. The molecule has 0 aliphatic carbocycles. The van der Waals surface area contributed by atoms with Crippen LogP contribution >= 0.6 is 0 Å². The summed E-state index contributed by atoms with van der Waals surface area (Å²) in [5.41, 5.74) is 0. The van der Waals surface area contributed by atoms with Crippen molar-refractivity contribution in [1.29, 1.82) is 0 Å². The van der Waals surface area contributed by atoms with Gasteiger partial charge >= 0.3 is 0 Å².